The maximum Gasteiger partial charge on any atom is 0.331 e. The van der Waals surface area contributed by atoms with Gasteiger partial charge in [-0.1, -0.05) is 12.8 Å². The molecule has 0 aromatic heterocycles. The largest absolute Gasteiger partial charge is 0.392 e. The third-order valence-electron chi connectivity index (χ3n) is 2.81. The fourth-order valence-corrected chi connectivity index (χ4v) is 1.53. The Hall–Kier alpha value is -1.88. The van der Waals surface area contributed by atoms with E-state index in [4.69, 9.17) is 22.9 Å². The van der Waals surface area contributed by atoms with Gasteiger partial charge in [-0.25, -0.2) is 9.59 Å². The van der Waals surface area contributed by atoms with Crippen LogP contribution in [0.1, 0.15) is 32.1 Å². The summed E-state index contributed by atoms with van der Waals surface area (Å²) in [5, 5.41) is 0. The molecule has 0 aromatic carbocycles. The summed E-state index contributed by atoms with van der Waals surface area (Å²) >= 11 is 0. The molecule has 8 N–H and O–H groups in total. The van der Waals surface area contributed by atoms with Crippen LogP contribution in [0.2, 0.25) is 0 Å². The van der Waals surface area contributed by atoms with Gasteiger partial charge in [-0.05, 0) is 19.4 Å². The van der Waals surface area contributed by atoms with Gasteiger partial charge >= 0.3 is 23.9 Å². The topological polar surface area (TPSA) is 191 Å². The van der Waals surface area contributed by atoms with Gasteiger partial charge in [-0.15, -0.1) is 0 Å². The highest BCUT2D eigenvalue weighted by Crippen LogP contribution is 2.04. The van der Waals surface area contributed by atoms with E-state index in [1.807, 2.05) is 0 Å². The third kappa shape index (κ3) is 9.68. The minimum Gasteiger partial charge on any atom is -0.392 e. The van der Waals surface area contributed by atoms with Crippen LogP contribution in [0.5, 0.6) is 0 Å². The quantitative estimate of drug-likeness (QED) is 0.191. The van der Waals surface area contributed by atoms with Crippen molar-refractivity contribution >= 4 is 23.9 Å². The summed E-state index contributed by atoms with van der Waals surface area (Å²) in [6.07, 6.45) is 2.04. The second kappa shape index (κ2) is 11.7. The Labute approximate surface area is 133 Å². The maximum absolute atomic E-state index is 11.6. The molecule has 0 heterocycles. The van der Waals surface area contributed by atoms with E-state index >= 15 is 0 Å². The summed E-state index contributed by atoms with van der Waals surface area (Å²) in [6, 6.07) is -2.38. The molecule has 23 heavy (non-hydrogen) atoms. The highest BCUT2D eigenvalue weighted by atomic mass is 16.6. The van der Waals surface area contributed by atoms with Crippen LogP contribution in [0.3, 0.4) is 0 Å². The molecule has 0 bridgehead atoms. The van der Waals surface area contributed by atoms with Gasteiger partial charge in [0.25, 0.3) is 0 Å². The van der Waals surface area contributed by atoms with Crippen molar-refractivity contribution in [1.29, 1.82) is 0 Å². The highest BCUT2D eigenvalue weighted by Gasteiger charge is 2.25. The van der Waals surface area contributed by atoms with Crippen molar-refractivity contribution in [2.75, 3.05) is 13.1 Å². The Morgan fingerprint density at radius 3 is 1.91 bits per heavy atom. The molecule has 132 valence electrons. The molecule has 0 aromatic rings. The van der Waals surface area contributed by atoms with E-state index in [1.165, 1.54) is 0 Å². The number of esters is 4. The highest BCUT2D eigenvalue weighted by molar-refractivity contribution is 5.93. The zero-order valence-corrected chi connectivity index (χ0v) is 12.9. The second-order valence-electron chi connectivity index (χ2n) is 4.85. The minimum absolute atomic E-state index is 0.352. The monoisotopic (exact) mass is 332 g/mol. The first-order chi connectivity index (χ1) is 10.8. The van der Waals surface area contributed by atoms with Crippen LogP contribution in [-0.4, -0.2) is 49.1 Å². The molecule has 0 aliphatic carbocycles. The van der Waals surface area contributed by atoms with Crippen LogP contribution in [0.25, 0.3) is 0 Å². The first-order valence-electron chi connectivity index (χ1n) is 7.22. The molecule has 0 rings (SSSR count). The van der Waals surface area contributed by atoms with E-state index in [0.717, 1.165) is 12.8 Å². The smallest absolute Gasteiger partial charge is 0.331 e. The maximum atomic E-state index is 11.6. The molecule has 2 atom stereocenters. The van der Waals surface area contributed by atoms with Crippen LogP contribution < -0.4 is 22.9 Å². The molecular weight excluding hydrogens is 308 g/mol. The molecule has 0 radical (unpaired) electrons. The average Bonchev–Trinajstić information content (AvgIpc) is 2.50. The lowest BCUT2D eigenvalue weighted by Gasteiger charge is -2.12. The first-order valence-corrected chi connectivity index (χ1v) is 7.22. The number of ether oxygens (including phenoxy) is 2. The fraction of sp³-hybridized carbons (Fsp3) is 0.692. The molecule has 0 saturated heterocycles. The van der Waals surface area contributed by atoms with Crippen LogP contribution in [0.15, 0.2) is 0 Å². The second-order valence-corrected chi connectivity index (χ2v) is 4.85. The summed E-state index contributed by atoms with van der Waals surface area (Å²) in [6.45, 7) is 0.0548. The molecule has 0 spiro atoms. The lowest BCUT2D eigenvalue weighted by atomic mass is 10.1. The van der Waals surface area contributed by atoms with E-state index in [-0.39, 0.29) is 0 Å². The summed E-state index contributed by atoms with van der Waals surface area (Å²) < 4.78 is 8.73. The lowest BCUT2D eigenvalue weighted by molar-refractivity contribution is -0.166. The SMILES string of the molecule is NCCCCCC(N)C(=O)OC(=O)C[C@H](N)C(=O)OC(=O)CN. The number of hydrogen-bond donors (Lipinski definition) is 4. The summed E-state index contributed by atoms with van der Waals surface area (Å²) in [5.74, 6) is -4.04. The molecule has 0 fully saturated rings. The van der Waals surface area contributed by atoms with Gasteiger partial charge in [0.1, 0.15) is 12.1 Å². The third-order valence-corrected chi connectivity index (χ3v) is 2.81. The average molecular weight is 332 g/mol. The van der Waals surface area contributed by atoms with Crippen molar-refractivity contribution in [1.82, 2.24) is 0 Å². The predicted molar refractivity (Wildman–Crippen MR) is 79.3 cm³/mol. The predicted octanol–water partition coefficient (Wildman–Crippen LogP) is -2.35. The van der Waals surface area contributed by atoms with Crippen molar-refractivity contribution in [3.8, 4) is 0 Å². The van der Waals surface area contributed by atoms with Gasteiger partial charge in [-0.3, -0.25) is 9.59 Å². The van der Waals surface area contributed by atoms with Gasteiger partial charge in [0.05, 0.1) is 13.0 Å². The molecule has 0 aliphatic heterocycles. The number of nitrogens with two attached hydrogens (primary N) is 4. The van der Waals surface area contributed by atoms with E-state index in [1.54, 1.807) is 0 Å². The standard InChI is InChI=1S/C13H24N4O6/c14-5-3-1-2-4-8(16)12(20)22-10(18)6-9(17)13(21)23-11(19)7-15/h8-9H,1-7,14-17H2/t8?,9-/m0/s1. The van der Waals surface area contributed by atoms with E-state index in [2.05, 4.69) is 9.47 Å². The fourth-order valence-electron chi connectivity index (χ4n) is 1.53. The van der Waals surface area contributed by atoms with Crippen LogP contribution >= 0.6 is 0 Å². The first kappa shape index (κ1) is 21.1. The van der Waals surface area contributed by atoms with Crippen LogP contribution in [0, 0.1) is 0 Å². The lowest BCUT2D eigenvalue weighted by Crippen LogP contribution is -2.39. The summed E-state index contributed by atoms with van der Waals surface area (Å²) in [7, 11) is 0. The van der Waals surface area contributed by atoms with Crippen molar-refractivity contribution < 1.29 is 28.7 Å². The van der Waals surface area contributed by atoms with Gasteiger partial charge < -0.3 is 32.4 Å². The molecule has 10 heteroatoms. The van der Waals surface area contributed by atoms with Crippen LogP contribution in [0.4, 0.5) is 0 Å². The van der Waals surface area contributed by atoms with E-state index in [9.17, 15) is 19.2 Å². The van der Waals surface area contributed by atoms with Gasteiger partial charge in [0.2, 0.25) is 0 Å². The van der Waals surface area contributed by atoms with E-state index < -0.39 is 48.9 Å². The van der Waals surface area contributed by atoms with Crippen molar-refractivity contribution in [3.63, 3.8) is 0 Å². The molecule has 1 unspecified atom stereocenters. The molecule has 0 aliphatic rings. The Kier molecular flexibility index (Phi) is 10.7. The minimum atomic E-state index is -1.44. The number of rotatable bonds is 10. The Morgan fingerprint density at radius 2 is 1.35 bits per heavy atom. The number of hydrogen-bond acceptors (Lipinski definition) is 10. The summed E-state index contributed by atoms with van der Waals surface area (Å²) in [4.78, 5) is 45.2. The Bertz CT molecular complexity index is 429. The van der Waals surface area contributed by atoms with Gasteiger partial charge in [0.15, 0.2) is 0 Å². The van der Waals surface area contributed by atoms with E-state index in [0.29, 0.717) is 19.4 Å². The van der Waals surface area contributed by atoms with Gasteiger partial charge in [-0.2, -0.15) is 0 Å². The van der Waals surface area contributed by atoms with Crippen molar-refractivity contribution in [3.05, 3.63) is 0 Å². The molecule has 10 nitrogen and oxygen atoms in total. The number of carbonyl (C=O) groups is 4. The summed E-state index contributed by atoms with van der Waals surface area (Å²) in [5.41, 5.74) is 21.2. The molecule has 0 amide bonds. The molecular formula is C13H24N4O6. The zero-order valence-electron chi connectivity index (χ0n) is 12.9. The van der Waals surface area contributed by atoms with Crippen molar-refractivity contribution in [2.45, 2.75) is 44.2 Å². The molecule has 0 saturated carbocycles. The van der Waals surface area contributed by atoms with Crippen molar-refractivity contribution in [2.24, 2.45) is 22.9 Å². The van der Waals surface area contributed by atoms with Crippen LogP contribution in [-0.2, 0) is 28.7 Å². The Morgan fingerprint density at radius 1 is 0.783 bits per heavy atom. The van der Waals surface area contributed by atoms with Gasteiger partial charge in [0, 0.05) is 0 Å². The zero-order chi connectivity index (χ0) is 17.8. The normalized spacial score (nSPS) is 13.0. The number of unbranched alkanes of at least 4 members (excludes halogenated alkanes) is 2. The number of carbonyl (C=O) groups excluding carboxylic acids is 4. The Balaban J connectivity index is 4.14.